The predicted molar refractivity (Wildman–Crippen MR) is 73.7 cm³/mol. The van der Waals surface area contributed by atoms with Crippen molar-refractivity contribution in [2.45, 2.75) is 6.54 Å². The van der Waals surface area contributed by atoms with Gasteiger partial charge in [0.2, 0.25) is 0 Å². The summed E-state index contributed by atoms with van der Waals surface area (Å²) in [7, 11) is 0. The molecule has 3 heterocycles. The second-order valence-corrected chi connectivity index (χ2v) is 4.84. The van der Waals surface area contributed by atoms with Crippen LogP contribution in [-0.4, -0.2) is 46.0 Å². The Morgan fingerprint density at radius 1 is 1.10 bits per heavy atom. The first kappa shape index (κ1) is 12.9. The van der Waals surface area contributed by atoms with Crippen molar-refractivity contribution in [1.29, 1.82) is 0 Å². The number of pyridine rings is 1. The minimum atomic E-state index is -0.276. The van der Waals surface area contributed by atoms with Gasteiger partial charge in [0, 0.05) is 45.1 Å². The average Bonchev–Trinajstić information content (AvgIpc) is 2.49. The van der Waals surface area contributed by atoms with Crippen molar-refractivity contribution in [2.75, 3.05) is 31.1 Å². The van der Waals surface area contributed by atoms with Crippen LogP contribution >= 0.6 is 0 Å². The van der Waals surface area contributed by atoms with Gasteiger partial charge in [-0.3, -0.25) is 9.88 Å². The fraction of sp³-hybridized carbons (Fsp3) is 0.357. The minimum absolute atomic E-state index is 0.276. The van der Waals surface area contributed by atoms with E-state index in [-0.39, 0.29) is 5.82 Å². The smallest absolute Gasteiger partial charge is 0.141 e. The van der Waals surface area contributed by atoms with Gasteiger partial charge in [-0.15, -0.1) is 0 Å². The highest BCUT2D eigenvalue weighted by atomic mass is 19.1. The summed E-state index contributed by atoms with van der Waals surface area (Å²) in [6.07, 6.45) is 6.28. The number of piperazine rings is 1. The third kappa shape index (κ3) is 3.08. The van der Waals surface area contributed by atoms with E-state index in [2.05, 4.69) is 24.8 Å². The Hall–Kier alpha value is -2.08. The summed E-state index contributed by atoms with van der Waals surface area (Å²) in [6.45, 7) is 4.43. The molecule has 0 N–H and O–H groups in total. The van der Waals surface area contributed by atoms with Crippen LogP contribution in [0.4, 0.5) is 10.2 Å². The molecule has 0 bridgehead atoms. The lowest BCUT2D eigenvalue weighted by molar-refractivity contribution is 0.248. The number of anilines is 1. The second kappa shape index (κ2) is 5.92. The van der Waals surface area contributed by atoms with Crippen molar-refractivity contribution in [3.8, 4) is 0 Å². The van der Waals surface area contributed by atoms with Crippen molar-refractivity contribution in [3.63, 3.8) is 0 Å². The van der Waals surface area contributed by atoms with E-state index < -0.39 is 0 Å². The van der Waals surface area contributed by atoms with Gasteiger partial charge in [0.05, 0.1) is 6.20 Å². The molecule has 2 aromatic rings. The molecule has 0 unspecified atom stereocenters. The van der Waals surface area contributed by atoms with E-state index >= 15 is 0 Å². The zero-order valence-corrected chi connectivity index (χ0v) is 11.1. The molecule has 6 heteroatoms. The lowest BCUT2D eigenvalue weighted by Gasteiger charge is -2.35. The molecule has 2 aromatic heterocycles. The quantitative estimate of drug-likeness (QED) is 0.844. The second-order valence-electron chi connectivity index (χ2n) is 4.84. The van der Waals surface area contributed by atoms with Crippen molar-refractivity contribution in [2.24, 2.45) is 0 Å². The summed E-state index contributed by atoms with van der Waals surface area (Å²) in [6, 6.07) is 3.47. The van der Waals surface area contributed by atoms with Crippen LogP contribution in [0.5, 0.6) is 0 Å². The van der Waals surface area contributed by atoms with Gasteiger partial charge in [0.15, 0.2) is 0 Å². The average molecular weight is 273 g/mol. The van der Waals surface area contributed by atoms with Crippen LogP contribution in [0.3, 0.4) is 0 Å². The first-order chi connectivity index (χ1) is 9.81. The van der Waals surface area contributed by atoms with Crippen LogP contribution in [0.2, 0.25) is 0 Å². The molecule has 0 amide bonds. The fourth-order valence-electron chi connectivity index (χ4n) is 2.41. The summed E-state index contributed by atoms with van der Waals surface area (Å²) in [5, 5.41) is 0. The molecular weight excluding hydrogens is 257 g/mol. The number of rotatable bonds is 3. The Morgan fingerprint density at radius 3 is 2.65 bits per heavy atom. The Labute approximate surface area is 117 Å². The highest BCUT2D eigenvalue weighted by Gasteiger charge is 2.18. The maximum atomic E-state index is 13.1. The van der Waals surface area contributed by atoms with Gasteiger partial charge in [-0.1, -0.05) is 0 Å². The van der Waals surface area contributed by atoms with Crippen molar-refractivity contribution in [1.82, 2.24) is 19.9 Å². The van der Waals surface area contributed by atoms with Crippen LogP contribution < -0.4 is 4.90 Å². The summed E-state index contributed by atoms with van der Waals surface area (Å²) >= 11 is 0. The van der Waals surface area contributed by atoms with Crippen LogP contribution in [0.1, 0.15) is 5.56 Å². The summed E-state index contributed by atoms with van der Waals surface area (Å²) in [5.41, 5.74) is 0.917. The molecule has 3 rings (SSSR count). The molecule has 5 nitrogen and oxygen atoms in total. The Morgan fingerprint density at radius 2 is 1.95 bits per heavy atom. The van der Waals surface area contributed by atoms with Crippen molar-refractivity contribution >= 4 is 5.82 Å². The largest absolute Gasteiger partial charge is 0.354 e. The van der Waals surface area contributed by atoms with E-state index in [0.717, 1.165) is 44.1 Å². The zero-order valence-electron chi connectivity index (χ0n) is 11.1. The van der Waals surface area contributed by atoms with E-state index in [9.17, 15) is 4.39 Å². The number of nitrogens with zero attached hydrogens (tertiary/aromatic N) is 5. The van der Waals surface area contributed by atoms with Crippen LogP contribution in [0.15, 0.2) is 37.1 Å². The normalized spacial score (nSPS) is 16.4. The number of hydrogen-bond acceptors (Lipinski definition) is 5. The molecule has 104 valence electrons. The SMILES string of the molecule is Fc1cncc(CN2CCN(c3ccncn3)CC2)c1. The molecular formula is C14H16FN5. The van der Waals surface area contributed by atoms with E-state index in [0.29, 0.717) is 0 Å². The fourth-order valence-corrected chi connectivity index (χ4v) is 2.41. The molecule has 1 aliphatic rings. The monoisotopic (exact) mass is 273 g/mol. The highest BCUT2D eigenvalue weighted by molar-refractivity contribution is 5.36. The Bertz CT molecular complexity index is 555. The van der Waals surface area contributed by atoms with Crippen LogP contribution in [-0.2, 0) is 6.54 Å². The number of aromatic nitrogens is 3. The lowest BCUT2D eigenvalue weighted by Crippen LogP contribution is -2.46. The van der Waals surface area contributed by atoms with Gasteiger partial charge >= 0.3 is 0 Å². The molecule has 0 aromatic carbocycles. The van der Waals surface area contributed by atoms with Crippen molar-refractivity contribution < 1.29 is 4.39 Å². The van der Waals surface area contributed by atoms with Crippen LogP contribution in [0, 0.1) is 5.82 Å². The molecule has 1 saturated heterocycles. The van der Waals surface area contributed by atoms with Gasteiger partial charge in [0.1, 0.15) is 18.0 Å². The maximum Gasteiger partial charge on any atom is 0.141 e. The zero-order chi connectivity index (χ0) is 13.8. The van der Waals surface area contributed by atoms with E-state index in [4.69, 9.17) is 0 Å². The molecule has 0 aliphatic carbocycles. The number of hydrogen-bond donors (Lipinski definition) is 0. The summed E-state index contributed by atoms with van der Waals surface area (Å²) in [5.74, 6) is 0.689. The molecule has 1 fully saturated rings. The van der Waals surface area contributed by atoms with Gasteiger partial charge in [0.25, 0.3) is 0 Å². The first-order valence-corrected chi connectivity index (χ1v) is 6.64. The summed E-state index contributed by atoms with van der Waals surface area (Å²) in [4.78, 5) is 16.6. The molecule has 0 saturated carbocycles. The standard InChI is InChI=1S/C14H16FN5/c15-13-7-12(8-17-9-13)10-19-3-5-20(6-4-19)14-1-2-16-11-18-14/h1-2,7-9,11H,3-6,10H2. The van der Waals surface area contributed by atoms with Crippen LogP contribution in [0.25, 0.3) is 0 Å². The third-order valence-corrected chi connectivity index (χ3v) is 3.43. The molecule has 1 aliphatic heterocycles. The Kier molecular flexibility index (Phi) is 3.83. The van der Waals surface area contributed by atoms with E-state index in [1.165, 1.54) is 6.20 Å². The van der Waals surface area contributed by atoms with E-state index in [1.807, 2.05) is 6.07 Å². The van der Waals surface area contributed by atoms with E-state index in [1.54, 1.807) is 24.8 Å². The predicted octanol–water partition coefficient (Wildman–Crippen LogP) is 1.33. The first-order valence-electron chi connectivity index (χ1n) is 6.64. The third-order valence-electron chi connectivity index (χ3n) is 3.43. The molecule has 0 spiro atoms. The van der Waals surface area contributed by atoms with Crippen molar-refractivity contribution in [3.05, 3.63) is 48.4 Å². The molecule has 0 radical (unpaired) electrons. The summed E-state index contributed by atoms with van der Waals surface area (Å²) < 4.78 is 13.1. The maximum absolute atomic E-state index is 13.1. The lowest BCUT2D eigenvalue weighted by atomic mass is 10.2. The van der Waals surface area contributed by atoms with Gasteiger partial charge in [-0.25, -0.2) is 14.4 Å². The topological polar surface area (TPSA) is 45.2 Å². The van der Waals surface area contributed by atoms with Gasteiger partial charge < -0.3 is 4.90 Å². The van der Waals surface area contributed by atoms with Gasteiger partial charge in [-0.2, -0.15) is 0 Å². The minimum Gasteiger partial charge on any atom is -0.354 e. The van der Waals surface area contributed by atoms with Gasteiger partial charge in [-0.05, 0) is 17.7 Å². The number of halogens is 1. The highest BCUT2D eigenvalue weighted by Crippen LogP contribution is 2.13. The Balaban J connectivity index is 1.56. The molecule has 20 heavy (non-hydrogen) atoms. The molecule has 0 atom stereocenters.